The predicted octanol–water partition coefficient (Wildman–Crippen LogP) is 0.211. The number of benzene rings is 1. The highest BCUT2D eigenvalue weighted by molar-refractivity contribution is 5.13. The molecule has 0 aromatic heterocycles. The molecule has 1 aliphatic heterocycles. The summed E-state index contributed by atoms with van der Waals surface area (Å²) in [6, 6.07) is 11.0. The number of hydrogen-bond donors (Lipinski definition) is 0. The van der Waals surface area contributed by atoms with Crippen molar-refractivity contribution in [2.24, 2.45) is 0 Å². The third kappa shape index (κ3) is 3.23. The van der Waals surface area contributed by atoms with E-state index in [4.69, 9.17) is 0 Å². The smallest absolute Gasteiger partial charge is 0.104 e. The lowest BCUT2D eigenvalue weighted by Crippen LogP contribution is -3.00. The van der Waals surface area contributed by atoms with Gasteiger partial charge in [-0.2, -0.15) is 0 Å². The van der Waals surface area contributed by atoms with Crippen LogP contribution in [0.25, 0.3) is 0 Å². The number of nitrogens with zero attached hydrogens (tertiary/aromatic N) is 1. The van der Waals surface area contributed by atoms with Gasteiger partial charge in [0.05, 0.1) is 19.6 Å². The van der Waals surface area contributed by atoms with Crippen molar-refractivity contribution in [1.82, 2.24) is 0 Å². The maximum atomic E-state index is 2.34. The molecule has 1 aromatic rings. The lowest BCUT2D eigenvalue weighted by molar-refractivity contribution is -0.943. The van der Waals surface area contributed by atoms with Crippen molar-refractivity contribution in [2.45, 2.75) is 32.7 Å². The number of quaternary nitrogens is 1. The normalized spacial score (nSPS) is 18.8. The van der Waals surface area contributed by atoms with Gasteiger partial charge < -0.3 is 16.9 Å². The predicted molar refractivity (Wildman–Crippen MR) is 64.5 cm³/mol. The quantitative estimate of drug-likeness (QED) is 0.662. The maximum absolute atomic E-state index is 2.34. The van der Waals surface area contributed by atoms with E-state index >= 15 is 0 Å². The zero-order valence-electron chi connectivity index (χ0n) is 10.2. The first-order valence-corrected chi connectivity index (χ1v) is 6.24. The molecule has 90 valence electrons. The van der Waals surface area contributed by atoms with Crippen molar-refractivity contribution < 1.29 is 16.9 Å². The molecule has 1 fully saturated rings. The van der Waals surface area contributed by atoms with Crippen LogP contribution in [-0.4, -0.2) is 24.1 Å². The number of halogens is 1. The summed E-state index contributed by atoms with van der Waals surface area (Å²) in [4.78, 5) is 0. The van der Waals surface area contributed by atoms with Crippen molar-refractivity contribution in [1.29, 1.82) is 0 Å². The molecule has 2 rings (SSSR count). The van der Waals surface area contributed by atoms with Crippen LogP contribution in [0.1, 0.15) is 31.7 Å². The minimum absolute atomic E-state index is 0. The zero-order valence-corrected chi connectivity index (χ0v) is 10.9. The Morgan fingerprint density at radius 1 is 1.00 bits per heavy atom. The van der Waals surface area contributed by atoms with Crippen LogP contribution in [-0.2, 0) is 6.54 Å². The maximum Gasteiger partial charge on any atom is 0.104 e. The van der Waals surface area contributed by atoms with E-state index in [2.05, 4.69) is 37.3 Å². The molecule has 0 radical (unpaired) electrons. The topological polar surface area (TPSA) is 0 Å². The largest absolute Gasteiger partial charge is 1.00 e. The standard InChI is InChI=1S/C14H22N.ClH/c1-2-15(11-7-4-8-12-15)13-14-9-5-3-6-10-14;/h3,5-6,9-10H,2,4,7-8,11-13H2,1H3;1H/q+1;/p-1. The highest BCUT2D eigenvalue weighted by Crippen LogP contribution is 2.22. The molecule has 1 heterocycles. The van der Waals surface area contributed by atoms with Crippen LogP contribution in [0.5, 0.6) is 0 Å². The van der Waals surface area contributed by atoms with Gasteiger partial charge in [-0.3, -0.25) is 0 Å². The Labute approximate surface area is 105 Å². The average Bonchev–Trinajstić information content (AvgIpc) is 2.32. The molecule has 0 saturated carbocycles. The minimum Gasteiger partial charge on any atom is -1.00 e. The molecule has 2 heteroatoms. The molecule has 0 unspecified atom stereocenters. The van der Waals surface area contributed by atoms with Gasteiger partial charge in [0.2, 0.25) is 0 Å². The van der Waals surface area contributed by atoms with Crippen LogP contribution < -0.4 is 12.4 Å². The van der Waals surface area contributed by atoms with E-state index in [9.17, 15) is 0 Å². The minimum atomic E-state index is 0. The van der Waals surface area contributed by atoms with Crippen LogP contribution in [0.2, 0.25) is 0 Å². The van der Waals surface area contributed by atoms with Crippen molar-refractivity contribution >= 4 is 0 Å². The number of hydrogen-bond acceptors (Lipinski definition) is 0. The fraction of sp³-hybridized carbons (Fsp3) is 0.571. The molecule has 0 amide bonds. The van der Waals surface area contributed by atoms with Crippen LogP contribution in [0.3, 0.4) is 0 Å². The summed E-state index contributed by atoms with van der Waals surface area (Å²) in [5.74, 6) is 0. The second kappa shape index (κ2) is 6.27. The van der Waals surface area contributed by atoms with Gasteiger partial charge in [-0.05, 0) is 26.2 Å². The van der Waals surface area contributed by atoms with E-state index in [1.54, 1.807) is 0 Å². The molecule has 0 spiro atoms. The van der Waals surface area contributed by atoms with E-state index in [-0.39, 0.29) is 12.4 Å². The molecule has 16 heavy (non-hydrogen) atoms. The first kappa shape index (κ1) is 13.5. The van der Waals surface area contributed by atoms with Gasteiger partial charge in [0.25, 0.3) is 0 Å². The van der Waals surface area contributed by atoms with Gasteiger partial charge in [-0.1, -0.05) is 30.3 Å². The summed E-state index contributed by atoms with van der Waals surface area (Å²) in [5, 5.41) is 0. The lowest BCUT2D eigenvalue weighted by Gasteiger charge is -2.41. The Morgan fingerprint density at radius 2 is 1.62 bits per heavy atom. The summed E-state index contributed by atoms with van der Waals surface area (Å²) < 4.78 is 1.31. The fourth-order valence-corrected chi connectivity index (χ4v) is 2.74. The van der Waals surface area contributed by atoms with E-state index in [1.807, 2.05) is 0 Å². The molecule has 1 saturated heterocycles. The Kier molecular flexibility index (Phi) is 5.30. The van der Waals surface area contributed by atoms with E-state index in [0.717, 1.165) is 0 Å². The highest BCUT2D eigenvalue weighted by Gasteiger charge is 2.27. The van der Waals surface area contributed by atoms with Gasteiger partial charge in [-0.25, -0.2) is 0 Å². The Bertz CT molecular complexity index is 291. The fourth-order valence-electron chi connectivity index (χ4n) is 2.74. The number of piperidine rings is 1. The average molecular weight is 240 g/mol. The van der Waals surface area contributed by atoms with Crippen molar-refractivity contribution in [3.8, 4) is 0 Å². The number of likely N-dealkylation sites (tertiary alicyclic amines) is 1. The van der Waals surface area contributed by atoms with Gasteiger partial charge in [0.1, 0.15) is 6.54 Å². The Balaban J connectivity index is 0.00000128. The number of rotatable bonds is 3. The zero-order chi connectivity index (χ0) is 10.6. The summed E-state index contributed by atoms with van der Waals surface area (Å²) >= 11 is 0. The van der Waals surface area contributed by atoms with Crippen molar-refractivity contribution in [3.05, 3.63) is 35.9 Å². The van der Waals surface area contributed by atoms with Gasteiger partial charge in [-0.15, -0.1) is 0 Å². The molecular formula is C14H22ClN. The Hall–Kier alpha value is -0.530. The van der Waals surface area contributed by atoms with E-state index in [0.29, 0.717) is 0 Å². The van der Waals surface area contributed by atoms with Gasteiger partial charge in [0.15, 0.2) is 0 Å². The molecule has 0 atom stereocenters. The van der Waals surface area contributed by atoms with Crippen LogP contribution in [0.15, 0.2) is 30.3 Å². The summed E-state index contributed by atoms with van der Waals surface area (Å²) in [6.07, 6.45) is 4.27. The summed E-state index contributed by atoms with van der Waals surface area (Å²) in [5.41, 5.74) is 1.50. The molecule has 1 nitrogen and oxygen atoms in total. The van der Waals surface area contributed by atoms with Gasteiger partial charge >= 0.3 is 0 Å². The summed E-state index contributed by atoms with van der Waals surface area (Å²) in [7, 11) is 0. The lowest BCUT2D eigenvalue weighted by atomic mass is 10.1. The summed E-state index contributed by atoms with van der Waals surface area (Å²) in [6.45, 7) is 7.62. The molecular weight excluding hydrogens is 218 g/mol. The molecule has 1 aliphatic rings. The van der Waals surface area contributed by atoms with Crippen LogP contribution >= 0.6 is 0 Å². The van der Waals surface area contributed by atoms with Crippen molar-refractivity contribution in [3.63, 3.8) is 0 Å². The molecule has 0 aliphatic carbocycles. The van der Waals surface area contributed by atoms with Gasteiger partial charge in [0, 0.05) is 5.56 Å². The SMILES string of the molecule is CC[N+]1(Cc2ccccc2)CCCCC1.[Cl-]. The first-order chi connectivity index (χ1) is 7.35. The van der Waals surface area contributed by atoms with E-state index in [1.165, 1.54) is 55.5 Å². The van der Waals surface area contributed by atoms with Crippen LogP contribution in [0.4, 0.5) is 0 Å². The highest BCUT2D eigenvalue weighted by atomic mass is 35.5. The Morgan fingerprint density at radius 3 is 2.19 bits per heavy atom. The third-order valence-electron chi connectivity index (χ3n) is 3.80. The van der Waals surface area contributed by atoms with Crippen molar-refractivity contribution in [2.75, 3.05) is 19.6 Å². The second-order valence-corrected chi connectivity index (χ2v) is 4.81. The molecule has 0 bridgehead atoms. The first-order valence-electron chi connectivity index (χ1n) is 6.24. The molecule has 1 aromatic carbocycles. The monoisotopic (exact) mass is 239 g/mol. The van der Waals surface area contributed by atoms with Crippen LogP contribution in [0, 0.1) is 0 Å². The third-order valence-corrected chi connectivity index (χ3v) is 3.80. The second-order valence-electron chi connectivity index (χ2n) is 4.81. The van der Waals surface area contributed by atoms with E-state index < -0.39 is 0 Å². The molecule has 0 N–H and O–H groups in total.